The number of aromatic carboxylic acids is 1. The zero-order valence-electron chi connectivity index (χ0n) is 15.8. The number of carbonyl (C=O) groups is 2. The van der Waals surface area contributed by atoms with Crippen LogP contribution in [0.25, 0.3) is 0 Å². The van der Waals surface area contributed by atoms with Crippen molar-refractivity contribution in [2.45, 2.75) is 46.6 Å². The van der Waals surface area contributed by atoms with Gasteiger partial charge in [-0.2, -0.15) is 0 Å². The fourth-order valence-corrected chi connectivity index (χ4v) is 2.52. The Morgan fingerprint density at radius 1 is 1.31 bits per heavy atom. The number of carbonyl (C=O) groups excluding carboxylic acids is 1. The molecular weight excluding hydrogens is 338 g/mol. The van der Waals surface area contributed by atoms with Crippen LogP contribution in [0, 0.1) is 13.8 Å². The van der Waals surface area contributed by atoms with Crippen molar-refractivity contribution < 1.29 is 19.1 Å². The van der Waals surface area contributed by atoms with E-state index in [1.165, 1.54) is 18.0 Å². The maximum absolute atomic E-state index is 12.7. The number of aromatic nitrogens is 2. The second-order valence-corrected chi connectivity index (χ2v) is 7.27. The zero-order valence-corrected chi connectivity index (χ0v) is 15.8. The number of amides is 1. The molecule has 1 amide bonds. The molecule has 8 nitrogen and oxygen atoms in total. The highest BCUT2D eigenvalue weighted by atomic mass is 16.4. The molecule has 0 saturated heterocycles. The van der Waals surface area contributed by atoms with Crippen molar-refractivity contribution in [2.75, 3.05) is 7.05 Å². The molecule has 0 radical (unpaired) electrons. The lowest BCUT2D eigenvalue weighted by Gasteiger charge is -2.20. The molecule has 0 spiro atoms. The second-order valence-electron chi connectivity index (χ2n) is 7.27. The molecule has 2 aromatic rings. The third kappa shape index (κ3) is 3.84. The number of nitrogens with one attached hydrogen (secondary N) is 1. The standard InChI is InChI=1S/C18H23N3O5/c1-9-13(14(22)20-17(19-9)18(3,4)5)15(23)21(6)8-11-7-12(16(24)25)10(2)26-11/h7H,8H2,1-6H3,(H,24,25)(H,19,20,22). The molecule has 8 heteroatoms. The van der Waals surface area contributed by atoms with E-state index in [2.05, 4.69) is 9.97 Å². The highest BCUT2D eigenvalue weighted by Gasteiger charge is 2.25. The van der Waals surface area contributed by atoms with Crippen LogP contribution in [-0.4, -0.2) is 38.9 Å². The Labute approximate surface area is 150 Å². The molecule has 0 aliphatic rings. The van der Waals surface area contributed by atoms with Crippen LogP contribution < -0.4 is 5.56 Å². The predicted octanol–water partition coefficient (Wildman–Crippen LogP) is 2.25. The predicted molar refractivity (Wildman–Crippen MR) is 94.5 cm³/mol. The summed E-state index contributed by atoms with van der Waals surface area (Å²) < 4.78 is 5.38. The summed E-state index contributed by atoms with van der Waals surface area (Å²) in [7, 11) is 1.51. The summed E-state index contributed by atoms with van der Waals surface area (Å²) in [6, 6.07) is 1.37. The molecule has 0 aromatic carbocycles. The van der Waals surface area contributed by atoms with Crippen molar-refractivity contribution >= 4 is 11.9 Å². The van der Waals surface area contributed by atoms with E-state index in [0.717, 1.165) is 0 Å². The second kappa shape index (κ2) is 6.78. The average Bonchev–Trinajstić information content (AvgIpc) is 2.86. The largest absolute Gasteiger partial charge is 0.478 e. The van der Waals surface area contributed by atoms with Crippen molar-refractivity contribution in [3.63, 3.8) is 0 Å². The van der Waals surface area contributed by atoms with Gasteiger partial charge in [0.15, 0.2) is 0 Å². The van der Waals surface area contributed by atoms with E-state index in [9.17, 15) is 14.4 Å². The highest BCUT2D eigenvalue weighted by Crippen LogP contribution is 2.19. The molecule has 140 valence electrons. The van der Waals surface area contributed by atoms with Gasteiger partial charge in [-0.3, -0.25) is 9.59 Å². The Morgan fingerprint density at radius 2 is 1.92 bits per heavy atom. The summed E-state index contributed by atoms with van der Waals surface area (Å²) in [6.45, 7) is 8.93. The summed E-state index contributed by atoms with van der Waals surface area (Å²) in [5.74, 6) is -0.516. The summed E-state index contributed by atoms with van der Waals surface area (Å²) in [6.07, 6.45) is 0. The van der Waals surface area contributed by atoms with Gasteiger partial charge in [0.1, 0.15) is 28.5 Å². The van der Waals surface area contributed by atoms with E-state index in [1.54, 1.807) is 13.8 Å². The minimum atomic E-state index is -1.10. The van der Waals surface area contributed by atoms with E-state index in [0.29, 0.717) is 17.3 Å². The number of carboxylic acids is 1. The first kappa shape index (κ1) is 19.4. The Kier molecular flexibility index (Phi) is 5.06. The topological polar surface area (TPSA) is 116 Å². The Hall–Kier alpha value is -2.90. The molecule has 2 heterocycles. The van der Waals surface area contributed by atoms with E-state index in [1.807, 2.05) is 20.8 Å². The van der Waals surface area contributed by atoms with E-state index < -0.39 is 17.4 Å². The minimum absolute atomic E-state index is 0.0346. The molecule has 2 rings (SSSR count). The molecule has 2 aromatic heterocycles. The number of carboxylic acid groups (broad SMARTS) is 1. The van der Waals surface area contributed by atoms with Gasteiger partial charge in [0.25, 0.3) is 11.5 Å². The lowest BCUT2D eigenvalue weighted by Crippen LogP contribution is -2.34. The van der Waals surface area contributed by atoms with Crippen molar-refractivity contribution in [1.29, 1.82) is 0 Å². The molecule has 0 fully saturated rings. The molecule has 26 heavy (non-hydrogen) atoms. The van der Waals surface area contributed by atoms with Gasteiger partial charge in [0, 0.05) is 12.5 Å². The molecule has 0 bridgehead atoms. The summed E-state index contributed by atoms with van der Waals surface area (Å²) >= 11 is 0. The fraction of sp³-hybridized carbons (Fsp3) is 0.444. The fourth-order valence-electron chi connectivity index (χ4n) is 2.52. The van der Waals surface area contributed by atoms with Crippen molar-refractivity contribution in [2.24, 2.45) is 0 Å². The molecular formula is C18H23N3O5. The lowest BCUT2D eigenvalue weighted by molar-refractivity contribution is 0.0694. The number of nitrogens with zero attached hydrogens (tertiary/aromatic N) is 2. The summed E-state index contributed by atoms with van der Waals surface area (Å²) in [4.78, 5) is 44.5. The van der Waals surface area contributed by atoms with Crippen LogP contribution in [0.5, 0.6) is 0 Å². The highest BCUT2D eigenvalue weighted by molar-refractivity contribution is 5.94. The summed E-state index contributed by atoms with van der Waals surface area (Å²) in [5, 5.41) is 9.07. The van der Waals surface area contributed by atoms with Gasteiger partial charge >= 0.3 is 5.97 Å². The van der Waals surface area contributed by atoms with Crippen molar-refractivity contribution in [1.82, 2.24) is 14.9 Å². The van der Waals surface area contributed by atoms with Gasteiger partial charge in [-0.1, -0.05) is 20.8 Å². The van der Waals surface area contributed by atoms with E-state index in [4.69, 9.17) is 9.52 Å². The Morgan fingerprint density at radius 3 is 2.38 bits per heavy atom. The van der Waals surface area contributed by atoms with Crippen LogP contribution in [0.3, 0.4) is 0 Å². The van der Waals surface area contributed by atoms with Gasteiger partial charge in [-0.05, 0) is 19.9 Å². The van der Waals surface area contributed by atoms with Gasteiger partial charge in [-0.15, -0.1) is 0 Å². The maximum atomic E-state index is 12.7. The summed E-state index contributed by atoms with van der Waals surface area (Å²) in [5.41, 5.74) is -0.497. The van der Waals surface area contributed by atoms with Crippen LogP contribution in [-0.2, 0) is 12.0 Å². The number of H-pyrrole nitrogens is 1. The van der Waals surface area contributed by atoms with Gasteiger partial charge in [0.2, 0.25) is 0 Å². The van der Waals surface area contributed by atoms with Gasteiger partial charge < -0.3 is 19.4 Å². The van der Waals surface area contributed by atoms with Crippen LogP contribution >= 0.6 is 0 Å². The van der Waals surface area contributed by atoms with Crippen molar-refractivity contribution in [3.8, 4) is 0 Å². The Bertz CT molecular complexity index is 918. The monoisotopic (exact) mass is 361 g/mol. The lowest BCUT2D eigenvalue weighted by atomic mass is 9.95. The van der Waals surface area contributed by atoms with Crippen LogP contribution in [0.2, 0.25) is 0 Å². The molecule has 0 atom stereocenters. The first-order valence-corrected chi connectivity index (χ1v) is 8.11. The van der Waals surface area contributed by atoms with Crippen LogP contribution in [0.1, 0.15) is 64.5 Å². The number of hydrogen-bond donors (Lipinski definition) is 2. The van der Waals surface area contributed by atoms with Crippen LogP contribution in [0.15, 0.2) is 15.3 Å². The van der Waals surface area contributed by atoms with Crippen LogP contribution in [0.4, 0.5) is 0 Å². The molecule has 0 saturated carbocycles. The first-order valence-electron chi connectivity index (χ1n) is 8.11. The third-order valence-electron chi connectivity index (χ3n) is 3.96. The average molecular weight is 361 g/mol. The van der Waals surface area contributed by atoms with Gasteiger partial charge in [0.05, 0.1) is 12.2 Å². The molecule has 0 aliphatic carbocycles. The normalized spacial score (nSPS) is 11.5. The smallest absolute Gasteiger partial charge is 0.339 e. The number of hydrogen-bond acceptors (Lipinski definition) is 5. The molecule has 0 aliphatic heterocycles. The van der Waals surface area contributed by atoms with Crippen molar-refractivity contribution in [3.05, 3.63) is 50.6 Å². The molecule has 2 N–H and O–H groups in total. The minimum Gasteiger partial charge on any atom is -0.478 e. The van der Waals surface area contributed by atoms with E-state index >= 15 is 0 Å². The quantitative estimate of drug-likeness (QED) is 0.863. The SMILES string of the molecule is Cc1nc(C(C)(C)C)[nH]c(=O)c1C(=O)N(C)Cc1cc(C(=O)O)c(C)o1. The number of aromatic amines is 1. The number of aryl methyl sites for hydroxylation is 2. The Balaban J connectivity index is 2.30. The van der Waals surface area contributed by atoms with Gasteiger partial charge in [-0.25, -0.2) is 9.78 Å². The first-order chi connectivity index (χ1) is 11.9. The third-order valence-corrected chi connectivity index (χ3v) is 3.96. The maximum Gasteiger partial charge on any atom is 0.339 e. The number of rotatable bonds is 4. The van der Waals surface area contributed by atoms with E-state index in [-0.39, 0.29) is 28.8 Å². The zero-order chi connectivity index (χ0) is 19.8. The molecule has 0 unspecified atom stereocenters. The number of furan rings is 1.